The Bertz CT molecular complexity index is 255. The molecule has 3 amide bonds. The van der Waals surface area contributed by atoms with Gasteiger partial charge in [0, 0.05) is 26.7 Å². The van der Waals surface area contributed by atoms with E-state index in [4.69, 9.17) is 0 Å². The van der Waals surface area contributed by atoms with E-state index in [2.05, 4.69) is 5.32 Å². The molecule has 0 bridgehead atoms. The van der Waals surface area contributed by atoms with Crippen LogP contribution in [0.25, 0.3) is 0 Å². The summed E-state index contributed by atoms with van der Waals surface area (Å²) >= 11 is 0. The molecule has 0 aliphatic carbocycles. The van der Waals surface area contributed by atoms with Crippen LogP contribution in [-0.4, -0.2) is 54.5 Å². The predicted octanol–water partition coefficient (Wildman–Crippen LogP) is 0.269. The first-order chi connectivity index (χ1) is 7.07. The highest BCUT2D eigenvalue weighted by molar-refractivity contribution is 5.86. The van der Waals surface area contributed by atoms with Gasteiger partial charge in [-0.05, 0) is 20.3 Å². The Morgan fingerprint density at radius 3 is 2.87 bits per heavy atom. The van der Waals surface area contributed by atoms with E-state index in [0.717, 1.165) is 6.42 Å². The molecule has 5 heteroatoms. The molecule has 1 fully saturated rings. The van der Waals surface area contributed by atoms with Crippen LogP contribution in [0.2, 0.25) is 0 Å². The van der Waals surface area contributed by atoms with Crippen molar-refractivity contribution in [1.29, 1.82) is 0 Å². The van der Waals surface area contributed by atoms with Crippen LogP contribution in [0, 0.1) is 0 Å². The second-order valence-corrected chi connectivity index (χ2v) is 3.81. The van der Waals surface area contributed by atoms with E-state index in [1.54, 1.807) is 23.8 Å². The van der Waals surface area contributed by atoms with Gasteiger partial charge in [0.05, 0.1) is 0 Å². The van der Waals surface area contributed by atoms with Gasteiger partial charge in [-0.3, -0.25) is 4.79 Å². The minimum Gasteiger partial charge on any atom is -0.344 e. The van der Waals surface area contributed by atoms with E-state index in [9.17, 15) is 9.59 Å². The van der Waals surface area contributed by atoms with Gasteiger partial charge in [0.1, 0.15) is 6.04 Å². The number of urea groups is 1. The van der Waals surface area contributed by atoms with Crippen molar-refractivity contribution in [3.8, 4) is 0 Å². The smallest absolute Gasteiger partial charge is 0.318 e. The number of nitrogens with zero attached hydrogens (tertiary/aromatic N) is 2. The molecule has 1 unspecified atom stereocenters. The van der Waals surface area contributed by atoms with Gasteiger partial charge in [-0.15, -0.1) is 0 Å². The molecule has 1 heterocycles. The fraction of sp³-hybridized carbons (Fsp3) is 0.800. The molecule has 5 nitrogen and oxygen atoms in total. The zero-order chi connectivity index (χ0) is 11.4. The third-order valence-electron chi connectivity index (χ3n) is 2.79. The molecule has 1 saturated heterocycles. The van der Waals surface area contributed by atoms with Gasteiger partial charge in [0.25, 0.3) is 0 Å². The topological polar surface area (TPSA) is 52.7 Å². The number of likely N-dealkylation sites (N-methyl/N-ethyl adjacent to an activating group) is 1. The van der Waals surface area contributed by atoms with Crippen LogP contribution in [0.15, 0.2) is 0 Å². The maximum atomic E-state index is 11.8. The SMILES string of the molecule is CCN(C)C(=O)C(C)N1CCCNC1=O. The number of hydrogen-bond donors (Lipinski definition) is 1. The number of carbonyl (C=O) groups excluding carboxylic acids is 2. The third kappa shape index (κ3) is 2.61. The van der Waals surface area contributed by atoms with Gasteiger partial charge >= 0.3 is 6.03 Å². The molecule has 1 N–H and O–H groups in total. The molecule has 1 atom stereocenters. The number of hydrogen-bond acceptors (Lipinski definition) is 2. The Balaban J connectivity index is 2.61. The molecule has 0 aromatic heterocycles. The lowest BCUT2D eigenvalue weighted by Crippen LogP contribution is -2.55. The lowest BCUT2D eigenvalue weighted by Gasteiger charge is -2.33. The molecule has 0 aromatic carbocycles. The highest BCUT2D eigenvalue weighted by Crippen LogP contribution is 2.07. The van der Waals surface area contributed by atoms with Gasteiger partial charge in [-0.1, -0.05) is 0 Å². The second-order valence-electron chi connectivity index (χ2n) is 3.81. The summed E-state index contributed by atoms with van der Waals surface area (Å²) in [6, 6.07) is -0.498. The molecule has 15 heavy (non-hydrogen) atoms. The molecule has 0 radical (unpaired) electrons. The number of amides is 3. The van der Waals surface area contributed by atoms with Crippen LogP contribution in [0.5, 0.6) is 0 Å². The largest absolute Gasteiger partial charge is 0.344 e. The van der Waals surface area contributed by atoms with E-state index in [1.165, 1.54) is 0 Å². The summed E-state index contributed by atoms with van der Waals surface area (Å²) in [4.78, 5) is 26.5. The van der Waals surface area contributed by atoms with Crippen molar-refractivity contribution in [3.05, 3.63) is 0 Å². The monoisotopic (exact) mass is 213 g/mol. The average Bonchev–Trinajstić information content (AvgIpc) is 2.26. The minimum atomic E-state index is -0.366. The first-order valence-electron chi connectivity index (χ1n) is 5.37. The van der Waals surface area contributed by atoms with Crippen LogP contribution in [0.4, 0.5) is 4.79 Å². The lowest BCUT2D eigenvalue weighted by molar-refractivity contribution is -0.134. The first kappa shape index (κ1) is 11.8. The summed E-state index contributed by atoms with van der Waals surface area (Å²) < 4.78 is 0. The third-order valence-corrected chi connectivity index (χ3v) is 2.79. The highest BCUT2D eigenvalue weighted by atomic mass is 16.2. The quantitative estimate of drug-likeness (QED) is 0.731. The predicted molar refractivity (Wildman–Crippen MR) is 57.5 cm³/mol. The van der Waals surface area contributed by atoms with Crippen LogP contribution < -0.4 is 5.32 Å². The molecule has 1 rings (SSSR count). The van der Waals surface area contributed by atoms with Gasteiger partial charge in [0.15, 0.2) is 0 Å². The molecular weight excluding hydrogens is 194 g/mol. The molecule has 86 valence electrons. The maximum Gasteiger partial charge on any atom is 0.318 e. The maximum absolute atomic E-state index is 11.8. The number of rotatable bonds is 3. The van der Waals surface area contributed by atoms with Crippen molar-refractivity contribution in [2.45, 2.75) is 26.3 Å². The molecule has 1 aliphatic rings. The minimum absolute atomic E-state index is 0.00505. The summed E-state index contributed by atoms with van der Waals surface area (Å²) in [6.07, 6.45) is 0.902. The van der Waals surface area contributed by atoms with Crippen molar-refractivity contribution >= 4 is 11.9 Å². The Hall–Kier alpha value is -1.26. The standard InChI is InChI=1S/C10H19N3O2/c1-4-12(3)9(14)8(2)13-7-5-6-11-10(13)15/h8H,4-7H2,1-3H3,(H,11,15). The van der Waals surface area contributed by atoms with Crippen molar-refractivity contribution in [1.82, 2.24) is 15.1 Å². The van der Waals surface area contributed by atoms with Gasteiger partial charge < -0.3 is 15.1 Å². The van der Waals surface area contributed by atoms with Crippen LogP contribution in [0.3, 0.4) is 0 Å². The fourth-order valence-electron chi connectivity index (χ4n) is 1.63. The van der Waals surface area contributed by atoms with E-state index in [-0.39, 0.29) is 18.0 Å². The summed E-state index contributed by atoms with van der Waals surface area (Å²) in [5.74, 6) is -0.00505. The van der Waals surface area contributed by atoms with E-state index < -0.39 is 0 Å². The van der Waals surface area contributed by atoms with E-state index in [1.807, 2.05) is 6.92 Å². The van der Waals surface area contributed by atoms with Gasteiger partial charge in [0.2, 0.25) is 5.91 Å². The van der Waals surface area contributed by atoms with E-state index in [0.29, 0.717) is 19.6 Å². The first-order valence-corrected chi connectivity index (χ1v) is 5.37. The Morgan fingerprint density at radius 2 is 2.33 bits per heavy atom. The van der Waals surface area contributed by atoms with Crippen molar-refractivity contribution in [2.75, 3.05) is 26.7 Å². The van der Waals surface area contributed by atoms with Gasteiger partial charge in [-0.2, -0.15) is 0 Å². The molecular formula is C10H19N3O2. The van der Waals surface area contributed by atoms with Crippen molar-refractivity contribution in [3.63, 3.8) is 0 Å². The van der Waals surface area contributed by atoms with Gasteiger partial charge in [-0.25, -0.2) is 4.79 Å². The summed E-state index contributed by atoms with van der Waals surface area (Å²) in [6.45, 7) is 5.73. The Labute approximate surface area is 90.4 Å². The number of nitrogens with one attached hydrogen (secondary N) is 1. The van der Waals surface area contributed by atoms with Crippen LogP contribution >= 0.6 is 0 Å². The summed E-state index contributed by atoms with van der Waals surface area (Å²) in [7, 11) is 1.75. The van der Waals surface area contributed by atoms with Crippen LogP contribution in [-0.2, 0) is 4.79 Å². The average molecular weight is 213 g/mol. The fourth-order valence-corrected chi connectivity index (χ4v) is 1.63. The highest BCUT2D eigenvalue weighted by Gasteiger charge is 2.28. The summed E-state index contributed by atoms with van der Waals surface area (Å²) in [5.41, 5.74) is 0. The van der Waals surface area contributed by atoms with Crippen molar-refractivity contribution in [2.24, 2.45) is 0 Å². The molecule has 1 aliphatic heterocycles. The lowest BCUT2D eigenvalue weighted by atomic mass is 10.2. The zero-order valence-electron chi connectivity index (χ0n) is 9.62. The zero-order valence-corrected chi connectivity index (χ0v) is 9.62. The van der Waals surface area contributed by atoms with E-state index >= 15 is 0 Å². The molecule has 0 aromatic rings. The molecule has 0 saturated carbocycles. The summed E-state index contributed by atoms with van der Waals surface area (Å²) in [5, 5.41) is 2.74. The Kier molecular flexibility index (Phi) is 3.94. The van der Waals surface area contributed by atoms with Crippen LogP contribution in [0.1, 0.15) is 20.3 Å². The molecule has 0 spiro atoms. The second kappa shape index (κ2) is 5.00. The number of carbonyl (C=O) groups is 2. The van der Waals surface area contributed by atoms with Crippen molar-refractivity contribution < 1.29 is 9.59 Å². The normalized spacial score (nSPS) is 18.3. The Morgan fingerprint density at radius 1 is 1.67 bits per heavy atom.